The first-order valence-corrected chi connectivity index (χ1v) is 8.14. The molecule has 0 amide bonds. The number of aromatic nitrogens is 5. The summed E-state index contributed by atoms with van der Waals surface area (Å²) in [5.74, 6) is 1.16. The van der Waals surface area contributed by atoms with Crippen LogP contribution in [0.5, 0.6) is 5.88 Å². The molecule has 3 rings (SSSR count). The molecule has 0 saturated heterocycles. The monoisotopic (exact) mass is 336 g/mol. The van der Waals surface area contributed by atoms with Crippen LogP contribution in [-0.4, -0.2) is 38.1 Å². The predicted molar refractivity (Wildman–Crippen MR) is 94.6 cm³/mol. The highest BCUT2D eigenvalue weighted by Gasteiger charge is 2.14. The van der Waals surface area contributed by atoms with Crippen LogP contribution < -0.4 is 4.74 Å². The summed E-state index contributed by atoms with van der Waals surface area (Å²) in [5, 5.41) is 11.9. The van der Waals surface area contributed by atoms with Crippen LogP contribution in [0.3, 0.4) is 0 Å². The zero-order valence-corrected chi connectivity index (χ0v) is 14.3. The van der Waals surface area contributed by atoms with Crippen molar-refractivity contribution in [2.75, 3.05) is 7.11 Å². The standard InChI is InChI=1S/C18H20N6O/c1-3-5-15-16(21-12-17(23-15)25-2)10-14-7-9-22-24(14)18-13(11-19)6-4-8-20-18/h4,6-9,11-12,19H,3,5,10H2,1-2H3. The summed E-state index contributed by atoms with van der Waals surface area (Å²) in [6.07, 6.45) is 8.75. The highest BCUT2D eigenvalue weighted by Crippen LogP contribution is 2.18. The first-order valence-electron chi connectivity index (χ1n) is 8.14. The number of nitrogens with zero attached hydrogens (tertiary/aromatic N) is 5. The van der Waals surface area contributed by atoms with Crippen LogP contribution in [0.2, 0.25) is 0 Å². The van der Waals surface area contributed by atoms with E-state index in [0.717, 1.165) is 29.9 Å². The first-order chi connectivity index (χ1) is 12.3. The van der Waals surface area contributed by atoms with E-state index in [9.17, 15) is 0 Å². The van der Waals surface area contributed by atoms with Crippen molar-refractivity contribution in [2.45, 2.75) is 26.2 Å². The molecule has 1 N–H and O–H groups in total. The Morgan fingerprint density at radius 3 is 2.84 bits per heavy atom. The molecule has 0 bridgehead atoms. The normalized spacial score (nSPS) is 10.6. The summed E-state index contributed by atoms with van der Waals surface area (Å²) < 4.78 is 6.94. The second kappa shape index (κ2) is 7.65. The van der Waals surface area contributed by atoms with Crippen LogP contribution in [0.1, 0.15) is 36.0 Å². The minimum atomic E-state index is 0.525. The Bertz CT molecular complexity index is 874. The average Bonchev–Trinajstić information content (AvgIpc) is 3.11. The SMILES string of the molecule is CCCc1nc(OC)cnc1Cc1ccnn1-c1ncccc1C=N. The van der Waals surface area contributed by atoms with Crippen LogP contribution in [0.4, 0.5) is 0 Å². The molecule has 3 aromatic rings. The molecule has 0 aliphatic heterocycles. The van der Waals surface area contributed by atoms with Crippen molar-refractivity contribution in [3.63, 3.8) is 0 Å². The quantitative estimate of drug-likeness (QED) is 0.670. The fourth-order valence-electron chi connectivity index (χ4n) is 2.64. The summed E-state index contributed by atoms with van der Waals surface area (Å²) in [4.78, 5) is 13.4. The van der Waals surface area contributed by atoms with E-state index in [4.69, 9.17) is 10.1 Å². The van der Waals surface area contributed by atoms with Crippen molar-refractivity contribution < 1.29 is 4.74 Å². The van der Waals surface area contributed by atoms with Gasteiger partial charge in [0.15, 0.2) is 5.82 Å². The van der Waals surface area contributed by atoms with Crippen molar-refractivity contribution >= 4 is 6.21 Å². The third-order valence-electron chi connectivity index (χ3n) is 3.85. The maximum absolute atomic E-state index is 7.57. The lowest BCUT2D eigenvalue weighted by atomic mass is 10.1. The minimum Gasteiger partial charge on any atom is -0.480 e. The van der Waals surface area contributed by atoms with Gasteiger partial charge in [-0.1, -0.05) is 13.3 Å². The van der Waals surface area contributed by atoms with Crippen molar-refractivity contribution in [2.24, 2.45) is 0 Å². The first kappa shape index (κ1) is 16.8. The van der Waals surface area contributed by atoms with Crippen LogP contribution in [-0.2, 0) is 12.8 Å². The minimum absolute atomic E-state index is 0.525. The second-order valence-corrected chi connectivity index (χ2v) is 5.53. The molecule has 0 aliphatic rings. The van der Waals surface area contributed by atoms with Gasteiger partial charge in [-0.2, -0.15) is 5.10 Å². The van der Waals surface area contributed by atoms with Crippen molar-refractivity contribution in [3.8, 4) is 11.7 Å². The van der Waals surface area contributed by atoms with Gasteiger partial charge in [0, 0.05) is 30.6 Å². The molecule has 0 fully saturated rings. The van der Waals surface area contributed by atoms with Crippen molar-refractivity contribution in [3.05, 3.63) is 59.4 Å². The number of rotatable bonds is 7. The number of hydrogen-bond donors (Lipinski definition) is 1. The van der Waals surface area contributed by atoms with E-state index in [2.05, 4.69) is 27.0 Å². The fraction of sp³-hybridized carbons (Fsp3) is 0.278. The van der Waals surface area contributed by atoms with E-state index >= 15 is 0 Å². The Morgan fingerprint density at radius 1 is 1.20 bits per heavy atom. The Labute approximate surface area is 146 Å². The molecule has 0 spiro atoms. The van der Waals surface area contributed by atoms with E-state index in [1.807, 2.05) is 12.1 Å². The molecule has 7 heteroatoms. The topological polar surface area (TPSA) is 89.6 Å². The maximum atomic E-state index is 7.57. The molecule has 0 aromatic carbocycles. The van der Waals surface area contributed by atoms with Gasteiger partial charge in [-0.25, -0.2) is 14.6 Å². The van der Waals surface area contributed by atoms with Crippen LogP contribution in [0.15, 0.2) is 36.8 Å². The lowest BCUT2D eigenvalue weighted by Crippen LogP contribution is -2.10. The van der Waals surface area contributed by atoms with Gasteiger partial charge in [0.05, 0.1) is 30.4 Å². The van der Waals surface area contributed by atoms with Gasteiger partial charge in [-0.3, -0.25) is 4.98 Å². The second-order valence-electron chi connectivity index (χ2n) is 5.53. The lowest BCUT2D eigenvalue weighted by Gasteiger charge is -2.11. The third-order valence-corrected chi connectivity index (χ3v) is 3.85. The average molecular weight is 336 g/mol. The van der Waals surface area contributed by atoms with Crippen molar-refractivity contribution in [1.82, 2.24) is 24.7 Å². The zero-order valence-electron chi connectivity index (χ0n) is 14.3. The lowest BCUT2D eigenvalue weighted by molar-refractivity contribution is 0.393. The number of aryl methyl sites for hydroxylation is 1. The summed E-state index contributed by atoms with van der Waals surface area (Å²) in [7, 11) is 1.59. The molecule has 0 aliphatic carbocycles. The molecular weight excluding hydrogens is 316 g/mol. The predicted octanol–water partition coefficient (Wildman–Crippen LogP) is 2.61. The van der Waals surface area contributed by atoms with Crippen LogP contribution >= 0.6 is 0 Å². The number of ether oxygens (including phenoxy) is 1. The maximum Gasteiger partial charge on any atom is 0.232 e. The molecule has 0 radical (unpaired) electrons. The molecule has 128 valence electrons. The summed E-state index contributed by atoms with van der Waals surface area (Å²) in [6.45, 7) is 2.11. The zero-order chi connectivity index (χ0) is 17.6. The van der Waals surface area contributed by atoms with Gasteiger partial charge in [0.25, 0.3) is 0 Å². The number of methoxy groups -OCH3 is 1. The Hall–Kier alpha value is -3.09. The number of nitrogens with one attached hydrogen (secondary N) is 1. The molecule has 25 heavy (non-hydrogen) atoms. The Balaban J connectivity index is 1.98. The van der Waals surface area contributed by atoms with Crippen molar-refractivity contribution in [1.29, 1.82) is 5.41 Å². The van der Waals surface area contributed by atoms with E-state index in [1.54, 1.807) is 36.4 Å². The molecule has 3 aromatic heterocycles. The Morgan fingerprint density at radius 2 is 2.08 bits per heavy atom. The third kappa shape index (κ3) is 3.55. The fourth-order valence-corrected chi connectivity index (χ4v) is 2.64. The van der Waals surface area contributed by atoms with E-state index in [1.165, 1.54) is 6.21 Å². The van der Waals surface area contributed by atoms with E-state index in [-0.39, 0.29) is 0 Å². The van der Waals surface area contributed by atoms with Gasteiger partial charge in [-0.05, 0) is 24.6 Å². The van der Waals surface area contributed by atoms with E-state index < -0.39 is 0 Å². The molecular formula is C18H20N6O. The molecule has 0 unspecified atom stereocenters. The summed E-state index contributed by atoms with van der Waals surface area (Å²) >= 11 is 0. The smallest absolute Gasteiger partial charge is 0.232 e. The van der Waals surface area contributed by atoms with Crippen LogP contribution in [0.25, 0.3) is 5.82 Å². The number of hydrogen-bond acceptors (Lipinski definition) is 6. The molecule has 0 atom stereocenters. The summed E-state index contributed by atoms with van der Waals surface area (Å²) in [5.41, 5.74) is 3.49. The van der Waals surface area contributed by atoms with Gasteiger partial charge in [0.1, 0.15) is 0 Å². The highest BCUT2D eigenvalue weighted by atomic mass is 16.5. The highest BCUT2D eigenvalue weighted by molar-refractivity contribution is 5.81. The van der Waals surface area contributed by atoms with Crippen LogP contribution in [0, 0.1) is 5.41 Å². The van der Waals surface area contributed by atoms with Gasteiger partial charge in [0.2, 0.25) is 5.88 Å². The summed E-state index contributed by atoms with van der Waals surface area (Å²) in [6, 6.07) is 5.59. The van der Waals surface area contributed by atoms with Gasteiger partial charge >= 0.3 is 0 Å². The largest absolute Gasteiger partial charge is 0.480 e. The Kier molecular flexibility index (Phi) is 5.13. The molecule has 0 saturated carbocycles. The number of pyridine rings is 1. The van der Waals surface area contributed by atoms with E-state index in [0.29, 0.717) is 23.7 Å². The van der Waals surface area contributed by atoms with Gasteiger partial charge in [-0.15, -0.1) is 0 Å². The molecule has 7 nitrogen and oxygen atoms in total. The van der Waals surface area contributed by atoms with Gasteiger partial charge < -0.3 is 10.1 Å². The molecule has 3 heterocycles.